The number of hydrogen-bond acceptors (Lipinski definition) is 8. The molecule has 2 aromatic heterocycles. The number of methoxy groups -OCH3 is 1. The van der Waals surface area contributed by atoms with Gasteiger partial charge in [-0.1, -0.05) is 30.3 Å². The third-order valence-corrected chi connectivity index (χ3v) is 8.21. The lowest BCUT2D eigenvalue weighted by Gasteiger charge is -2.32. The van der Waals surface area contributed by atoms with Gasteiger partial charge in [-0.3, -0.25) is 4.79 Å². The lowest BCUT2D eigenvalue weighted by Crippen LogP contribution is -2.38. The van der Waals surface area contributed by atoms with Crippen LogP contribution in [0.4, 0.5) is 20.7 Å². The molecule has 0 saturated carbocycles. The van der Waals surface area contributed by atoms with Crippen molar-refractivity contribution in [1.29, 1.82) is 0 Å². The first-order valence-corrected chi connectivity index (χ1v) is 14.0. The Labute approximate surface area is 230 Å². The summed E-state index contributed by atoms with van der Waals surface area (Å²) in [7, 11) is -3.35. The van der Waals surface area contributed by atoms with E-state index < -0.39 is 21.9 Å². The van der Waals surface area contributed by atoms with Crippen molar-refractivity contribution in [2.24, 2.45) is 0 Å². The molecule has 1 aliphatic heterocycles. The number of benzene rings is 2. The van der Waals surface area contributed by atoms with E-state index in [1.165, 1.54) is 34.5 Å². The molecule has 208 valence electrons. The molecule has 1 aliphatic rings. The summed E-state index contributed by atoms with van der Waals surface area (Å²) in [5.41, 5.74) is 2.30. The molecule has 0 unspecified atom stereocenters. The number of likely N-dealkylation sites (tertiary alicyclic amines) is 1. The quantitative estimate of drug-likeness (QED) is 0.358. The Kier molecular flexibility index (Phi) is 7.39. The van der Waals surface area contributed by atoms with E-state index in [9.17, 15) is 22.4 Å². The van der Waals surface area contributed by atoms with Gasteiger partial charge in [-0.15, -0.1) is 0 Å². The number of rotatable bonds is 6. The number of aromatic nitrogens is 3. The smallest absolute Gasteiger partial charge is 0.420 e. The zero-order valence-electron chi connectivity index (χ0n) is 21.8. The highest BCUT2D eigenvalue weighted by molar-refractivity contribution is 7.90. The average Bonchev–Trinajstić information content (AvgIpc) is 3.40. The van der Waals surface area contributed by atoms with Gasteiger partial charge in [0, 0.05) is 25.0 Å². The lowest BCUT2D eigenvalue weighted by molar-refractivity contribution is 0.0713. The fourth-order valence-corrected chi connectivity index (χ4v) is 5.77. The highest BCUT2D eigenvalue weighted by Gasteiger charge is 2.30. The largest absolute Gasteiger partial charge is 0.452 e. The molecular weight excluding hydrogens is 539 g/mol. The number of hydrogen-bond donors (Lipinski definition) is 2. The summed E-state index contributed by atoms with van der Waals surface area (Å²) in [6.07, 6.45) is 2.70. The molecule has 2 N–H and O–H groups in total. The second-order valence-electron chi connectivity index (χ2n) is 9.42. The van der Waals surface area contributed by atoms with E-state index in [-0.39, 0.29) is 27.8 Å². The molecule has 5 rings (SSSR count). The molecule has 1 saturated heterocycles. The van der Waals surface area contributed by atoms with Crippen molar-refractivity contribution in [2.45, 2.75) is 30.6 Å². The van der Waals surface area contributed by atoms with Gasteiger partial charge in [0.25, 0.3) is 15.9 Å². The Morgan fingerprint density at radius 2 is 1.80 bits per heavy atom. The molecule has 13 heteroatoms. The predicted molar refractivity (Wildman–Crippen MR) is 144 cm³/mol. The number of ether oxygens (including phenoxy) is 1. The van der Waals surface area contributed by atoms with Gasteiger partial charge in [-0.25, -0.2) is 27.3 Å². The number of fused-ring (bicyclic) bond motifs is 1. The van der Waals surface area contributed by atoms with Crippen LogP contribution in [0, 0.1) is 12.7 Å². The SMILES string of the molecule is COC(=O)NS(=O)(=O)c1cnn2c(Nc3ccc(F)cc3C)c(C(=O)N3CCC(c4ccccc4)CC3)cnc12. The van der Waals surface area contributed by atoms with Gasteiger partial charge >= 0.3 is 6.09 Å². The third-order valence-electron chi connectivity index (χ3n) is 6.91. The molecule has 0 bridgehead atoms. The summed E-state index contributed by atoms with van der Waals surface area (Å²) in [5, 5.41) is 7.30. The number of amides is 2. The first kappa shape index (κ1) is 27.1. The number of aryl methyl sites for hydroxylation is 1. The van der Waals surface area contributed by atoms with Crippen molar-refractivity contribution < 1.29 is 27.1 Å². The number of carbonyl (C=O) groups is 2. The van der Waals surface area contributed by atoms with Crippen molar-refractivity contribution in [2.75, 3.05) is 25.5 Å². The van der Waals surface area contributed by atoms with Crippen LogP contribution in [0.2, 0.25) is 0 Å². The molecule has 40 heavy (non-hydrogen) atoms. The van der Waals surface area contributed by atoms with Crippen molar-refractivity contribution in [3.05, 3.63) is 83.4 Å². The van der Waals surface area contributed by atoms with Crippen molar-refractivity contribution >= 4 is 39.2 Å². The van der Waals surface area contributed by atoms with Gasteiger partial charge in [0.15, 0.2) is 10.5 Å². The Morgan fingerprint density at radius 1 is 1.07 bits per heavy atom. The molecule has 0 aliphatic carbocycles. The number of nitrogens with zero attached hydrogens (tertiary/aromatic N) is 4. The van der Waals surface area contributed by atoms with Crippen LogP contribution in [0.15, 0.2) is 65.8 Å². The van der Waals surface area contributed by atoms with Crippen LogP contribution in [-0.4, -0.2) is 60.1 Å². The van der Waals surface area contributed by atoms with E-state index in [2.05, 4.69) is 32.3 Å². The summed E-state index contributed by atoms with van der Waals surface area (Å²) in [6.45, 7) is 2.74. The van der Waals surface area contributed by atoms with Gasteiger partial charge < -0.3 is 15.0 Å². The second kappa shape index (κ2) is 10.9. The van der Waals surface area contributed by atoms with Crippen LogP contribution < -0.4 is 10.0 Å². The zero-order chi connectivity index (χ0) is 28.4. The standard InChI is InChI=1S/C27H27FN6O5S/c1-17-14-20(28)8-9-22(17)31-24-21(26(35)33-12-10-19(11-13-33)18-6-4-3-5-7-18)15-29-25-23(16-30-34(24)25)40(37,38)32-27(36)39-2/h3-9,14-16,19,31H,10-13H2,1-2H3,(H,32,36). The first-order chi connectivity index (χ1) is 19.2. The van der Waals surface area contributed by atoms with Crippen LogP contribution in [0.1, 0.15) is 40.2 Å². The maximum Gasteiger partial charge on any atom is 0.420 e. The van der Waals surface area contributed by atoms with Crippen LogP contribution in [0.3, 0.4) is 0 Å². The number of sulfonamides is 1. The Morgan fingerprint density at radius 3 is 2.48 bits per heavy atom. The summed E-state index contributed by atoms with van der Waals surface area (Å²) in [6, 6.07) is 14.3. The van der Waals surface area contributed by atoms with Crippen LogP contribution in [-0.2, 0) is 14.8 Å². The molecule has 0 radical (unpaired) electrons. The minimum absolute atomic E-state index is 0.127. The molecule has 3 heterocycles. The maximum atomic E-state index is 13.8. The minimum atomic E-state index is -4.39. The monoisotopic (exact) mass is 566 g/mol. The number of carbonyl (C=O) groups excluding carboxylic acids is 2. The molecule has 1 fully saturated rings. The van der Waals surface area contributed by atoms with Gasteiger partial charge in [0.05, 0.1) is 13.3 Å². The number of piperidine rings is 1. The third kappa shape index (κ3) is 5.32. The van der Waals surface area contributed by atoms with Gasteiger partial charge in [-0.2, -0.15) is 9.61 Å². The highest BCUT2D eigenvalue weighted by atomic mass is 32.2. The van der Waals surface area contributed by atoms with E-state index in [1.54, 1.807) is 16.5 Å². The molecular formula is C27H27FN6O5S. The van der Waals surface area contributed by atoms with E-state index >= 15 is 0 Å². The maximum absolute atomic E-state index is 13.8. The molecule has 11 nitrogen and oxygen atoms in total. The van der Waals surface area contributed by atoms with Crippen LogP contribution in [0.5, 0.6) is 0 Å². The summed E-state index contributed by atoms with van der Waals surface area (Å²) < 4.78 is 46.8. The molecule has 0 atom stereocenters. The normalized spacial score (nSPS) is 14.2. The van der Waals surface area contributed by atoms with E-state index in [0.29, 0.717) is 30.3 Å². The summed E-state index contributed by atoms with van der Waals surface area (Å²) in [4.78, 5) is 31.0. The molecule has 2 aromatic carbocycles. The zero-order valence-corrected chi connectivity index (χ0v) is 22.6. The fourth-order valence-electron chi connectivity index (χ4n) is 4.79. The van der Waals surface area contributed by atoms with Crippen molar-refractivity contribution in [3.8, 4) is 0 Å². The second-order valence-corrected chi connectivity index (χ2v) is 11.1. The van der Waals surface area contributed by atoms with E-state index in [0.717, 1.165) is 26.1 Å². The fraction of sp³-hybridized carbons (Fsp3) is 0.259. The van der Waals surface area contributed by atoms with Crippen molar-refractivity contribution in [3.63, 3.8) is 0 Å². The van der Waals surface area contributed by atoms with Crippen LogP contribution >= 0.6 is 0 Å². The van der Waals surface area contributed by atoms with Gasteiger partial charge in [0.2, 0.25) is 0 Å². The molecule has 0 spiro atoms. The summed E-state index contributed by atoms with van der Waals surface area (Å²) >= 11 is 0. The van der Waals surface area contributed by atoms with Crippen molar-refractivity contribution in [1.82, 2.24) is 24.2 Å². The molecule has 2 amide bonds. The topological polar surface area (TPSA) is 135 Å². The molecule has 4 aromatic rings. The number of nitrogens with one attached hydrogen (secondary N) is 2. The predicted octanol–water partition coefficient (Wildman–Crippen LogP) is 3.98. The highest BCUT2D eigenvalue weighted by Crippen LogP contribution is 2.31. The van der Waals surface area contributed by atoms with E-state index in [4.69, 9.17) is 0 Å². The first-order valence-electron chi connectivity index (χ1n) is 12.5. The lowest BCUT2D eigenvalue weighted by atomic mass is 9.89. The van der Waals surface area contributed by atoms with Crippen LogP contribution in [0.25, 0.3) is 5.65 Å². The van der Waals surface area contributed by atoms with Gasteiger partial charge in [0.1, 0.15) is 17.2 Å². The minimum Gasteiger partial charge on any atom is -0.452 e. The summed E-state index contributed by atoms with van der Waals surface area (Å²) in [5.74, 6) is -0.251. The van der Waals surface area contributed by atoms with E-state index in [1.807, 2.05) is 18.2 Å². The number of halogens is 1. The number of anilines is 2. The Bertz CT molecular complexity index is 1680. The Hall–Kier alpha value is -4.52. The average molecular weight is 567 g/mol. The van der Waals surface area contributed by atoms with Gasteiger partial charge in [-0.05, 0) is 55.0 Å². The Balaban J connectivity index is 1.52.